The minimum atomic E-state index is -0.368. The Morgan fingerprint density at radius 2 is 1.78 bits per heavy atom. The molecule has 0 saturated carbocycles. The first kappa shape index (κ1) is 12.5. The lowest BCUT2D eigenvalue weighted by molar-refractivity contribution is 0.443. The average Bonchev–Trinajstić information content (AvgIpc) is 3.17. The Kier molecular flexibility index (Phi) is 2.18. The van der Waals surface area contributed by atoms with Crippen LogP contribution in [0.2, 0.25) is 0 Å². The lowest BCUT2D eigenvalue weighted by Gasteiger charge is -2.11. The second kappa shape index (κ2) is 4.02. The molecule has 110 valence electrons. The van der Waals surface area contributed by atoms with Crippen molar-refractivity contribution in [2.24, 2.45) is 0 Å². The van der Waals surface area contributed by atoms with Gasteiger partial charge in [0, 0.05) is 33.1 Å². The van der Waals surface area contributed by atoms with Crippen LogP contribution in [0.5, 0.6) is 5.88 Å². The SMILES string of the molecule is O=c1nc2ccc3c(O)n(-c4nccs4)c(=O)c4ccc1c2c34. The van der Waals surface area contributed by atoms with Crippen molar-refractivity contribution in [3.05, 3.63) is 56.5 Å². The van der Waals surface area contributed by atoms with Crippen molar-refractivity contribution in [1.29, 1.82) is 0 Å². The molecule has 3 heterocycles. The quantitative estimate of drug-likeness (QED) is 0.511. The molecule has 0 unspecified atom stereocenters. The van der Waals surface area contributed by atoms with Crippen molar-refractivity contribution in [2.75, 3.05) is 0 Å². The summed E-state index contributed by atoms with van der Waals surface area (Å²) in [5.74, 6) is -0.180. The summed E-state index contributed by atoms with van der Waals surface area (Å²) >= 11 is 1.26. The van der Waals surface area contributed by atoms with Crippen LogP contribution in [0.1, 0.15) is 0 Å². The van der Waals surface area contributed by atoms with Gasteiger partial charge in [-0.05, 0) is 24.3 Å². The highest BCUT2D eigenvalue weighted by molar-refractivity contribution is 7.12. The Balaban J connectivity index is 2.13. The van der Waals surface area contributed by atoms with E-state index < -0.39 is 0 Å². The number of rotatable bonds is 1. The summed E-state index contributed by atoms with van der Waals surface area (Å²) in [5, 5.41) is 15.3. The largest absolute Gasteiger partial charge is 0.494 e. The molecule has 6 nitrogen and oxygen atoms in total. The van der Waals surface area contributed by atoms with Gasteiger partial charge in [0.05, 0.1) is 10.9 Å². The van der Waals surface area contributed by atoms with Gasteiger partial charge in [-0.15, -0.1) is 11.3 Å². The third-order valence-corrected chi connectivity index (χ3v) is 4.84. The number of benzene rings is 2. The number of pyridine rings is 1. The van der Waals surface area contributed by atoms with Gasteiger partial charge in [0.2, 0.25) is 5.88 Å². The number of hydrogen-bond acceptors (Lipinski definition) is 6. The molecule has 0 aliphatic heterocycles. The summed E-state index contributed by atoms with van der Waals surface area (Å²) in [6.45, 7) is 0. The summed E-state index contributed by atoms with van der Waals surface area (Å²) in [5.41, 5.74) is -0.153. The molecule has 0 bridgehead atoms. The molecule has 5 rings (SSSR count). The number of aromatic hydroxyl groups is 1. The lowest BCUT2D eigenvalue weighted by Crippen LogP contribution is -2.18. The molecular formula is C16H7N3O3S. The van der Waals surface area contributed by atoms with E-state index >= 15 is 0 Å². The van der Waals surface area contributed by atoms with Gasteiger partial charge in [0.1, 0.15) is 0 Å². The molecule has 5 aromatic rings. The van der Waals surface area contributed by atoms with Crippen molar-refractivity contribution < 1.29 is 5.11 Å². The van der Waals surface area contributed by atoms with Gasteiger partial charge in [-0.2, -0.15) is 0 Å². The molecule has 0 atom stereocenters. The van der Waals surface area contributed by atoms with Gasteiger partial charge in [0.15, 0.2) is 5.13 Å². The van der Waals surface area contributed by atoms with Crippen LogP contribution in [0.15, 0.2) is 45.4 Å². The fraction of sp³-hybridized carbons (Fsp3) is 0. The second-order valence-electron chi connectivity index (χ2n) is 5.24. The summed E-state index contributed by atoms with van der Waals surface area (Å²) in [4.78, 5) is 32.9. The number of hydrogen-bond donors (Lipinski definition) is 1. The molecule has 0 aliphatic carbocycles. The van der Waals surface area contributed by atoms with E-state index in [4.69, 9.17) is 0 Å². The van der Waals surface area contributed by atoms with Crippen molar-refractivity contribution >= 4 is 43.8 Å². The van der Waals surface area contributed by atoms with Crippen LogP contribution >= 0.6 is 11.3 Å². The number of thiazole rings is 1. The van der Waals surface area contributed by atoms with E-state index in [1.165, 1.54) is 15.9 Å². The minimum absolute atomic E-state index is 0.180. The molecule has 0 fully saturated rings. The second-order valence-corrected chi connectivity index (χ2v) is 6.11. The Bertz CT molecular complexity index is 1310. The molecule has 3 aromatic heterocycles. The molecule has 0 spiro atoms. The molecule has 1 N–H and O–H groups in total. The normalized spacial score (nSPS) is 12.0. The number of nitrogens with zero attached hydrogens (tertiary/aromatic N) is 3. The summed E-state index contributed by atoms with van der Waals surface area (Å²) in [6, 6.07) is 6.58. The summed E-state index contributed by atoms with van der Waals surface area (Å²) in [7, 11) is 0. The highest BCUT2D eigenvalue weighted by atomic mass is 32.1. The Hall–Kier alpha value is -3.06. The molecule has 0 saturated heterocycles. The monoisotopic (exact) mass is 321 g/mol. The van der Waals surface area contributed by atoms with Crippen LogP contribution in [0, 0.1) is 0 Å². The molecular weight excluding hydrogens is 314 g/mol. The fourth-order valence-corrected chi connectivity index (χ4v) is 3.76. The third-order valence-electron chi connectivity index (χ3n) is 4.09. The van der Waals surface area contributed by atoms with Crippen LogP contribution in [-0.2, 0) is 0 Å². The van der Waals surface area contributed by atoms with E-state index in [0.29, 0.717) is 37.6 Å². The van der Waals surface area contributed by atoms with Crippen LogP contribution < -0.4 is 11.1 Å². The predicted octanol–water partition coefficient (Wildman–Crippen LogP) is 2.09. The summed E-state index contributed by atoms with van der Waals surface area (Å²) in [6.07, 6.45) is 1.57. The first-order valence-corrected chi connectivity index (χ1v) is 7.71. The van der Waals surface area contributed by atoms with Crippen molar-refractivity contribution in [2.45, 2.75) is 0 Å². The minimum Gasteiger partial charge on any atom is -0.494 e. The van der Waals surface area contributed by atoms with Gasteiger partial charge >= 0.3 is 0 Å². The fourth-order valence-electron chi connectivity index (χ4n) is 3.12. The smallest absolute Gasteiger partial charge is 0.278 e. The van der Waals surface area contributed by atoms with Gasteiger partial charge in [-0.1, -0.05) is 0 Å². The Morgan fingerprint density at radius 3 is 2.57 bits per heavy atom. The molecule has 7 heteroatoms. The maximum absolute atomic E-state index is 12.8. The van der Waals surface area contributed by atoms with Crippen molar-refractivity contribution in [3.63, 3.8) is 0 Å². The maximum atomic E-state index is 12.8. The van der Waals surface area contributed by atoms with E-state index in [9.17, 15) is 14.7 Å². The van der Waals surface area contributed by atoms with Gasteiger partial charge < -0.3 is 5.11 Å². The van der Waals surface area contributed by atoms with Crippen LogP contribution in [0.3, 0.4) is 0 Å². The number of aromatic nitrogens is 3. The molecule has 2 aromatic carbocycles. The standard InChI is InChI=1S/C16H7N3O3S/c20-13-7-1-2-8-11-9(3-4-10(18-13)12(7)11)15(22)19(14(8)21)16-17-5-6-23-16/h1-6,22H. The Labute approximate surface area is 131 Å². The van der Waals surface area contributed by atoms with Crippen molar-refractivity contribution in [3.8, 4) is 11.0 Å². The maximum Gasteiger partial charge on any atom is 0.278 e. The topological polar surface area (TPSA) is 85.1 Å². The van der Waals surface area contributed by atoms with Gasteiger partial charge in [-0.25, -0.2) is 14.5 Å². The van der Waals surface area contributed by atoms with E-state index in [1.807, 2.05) is 0 Å². The van der Waals surface area contributed by atoms with Crippen LogP contribution in [0.25, 0.3) is 37.6 Å². The van der Waals surface area contributed by atoms with E-state index in [-0.39, 0.29) is 17.0 Å². The van der Waals surface area contributed by atoms with Gasteiger partial charge in [-0.3, -0.25) is 9.59 Å². The first-order chi connectivity index (χ1) is 11.2. The van der Waals surface area contributed by atoms with Gasteiger partial charge in [0.25, 0.3) is 11.1 Å². The summed E-state index contributed by atoms with van der Waals surface area (Å²) < 4.78 is 1.19. The zero-order valence-corrected chi connectivity index (χ0v) is 12.3. The third kappa shape index (κ3) is 1.42. The van der Waals surface area contributed by atoms with Crippen LogP contribution in [-0.4, -0.2) is 19.6 Å². The van der Waals surface area contributed by atoms with E-state index in [1.54, 1.807) is 35.8 Å². The van der Waals surface area contributed by atoms with Crippen molar-refractivity contribution in [1.82, 2.24) is 14.5 Å². The molecule has 0 aliphatic rings. The highest BCUT2D eigenvalue weighted by Gasteiger charge is 2.21. The predicted molar refractivity (Wildman–Crippen MR) is 88.3 cm³/mol. The molecule has 0 amide bonds. The zero-order valence-electron chi connectivity index (χ0n) is 11.5. The molecule has 0 radical (unpaired) electrons. The molecule has 23 heavy (non-hydrogen) atoms. The average molecular weight is 321 g/mol. The highest BCUT2D eigenvalue weighted by Crippen LogP contribution is 2.36. The Morgan fingerprint density at radius 1 is 1.00 bits per heavy atom. The lowest BCUT2D eigenvalue weighted by atomic mass is 10.00. The zero-order chi connectivity index (χ0) is 15.7. The van der Waals surface area contributed by atoms with Crippen LogP contribution in [0.4, 0.5) is 0 Å². The van der Waals surface area contributed by atoms with E-state index in [2.05, 4.69) is 9.97 Å². The van der Waals surface area contributed by atoms with E-state index in [0.717, 1.165) is 0 Å². The first-order valence-electron chi connectivity index (χ1n) is 6.83.